The normalized spacial score (nSPS) is 14.0. The fourth-order valence-electron chi connectivity index (χ4n) is 8.19. The molecule has 1 aliphatic carbocycles. The maximum absolute atomic E-state index is 13.2. The lowest BCUT2D eigenvalue weighted by Crippen LogP contribution is -2.17. The lowest BCUT2D eigenvalue weighted by atomic mass is 9.77. The van der Waals surface area contributed by atoms with Gasteiger partial charge in [-0.1, -0.05) is 80.8 Å². The molecule has 1 saturated carbocycles. The molecular weight excluding hydrogens is 661 g/mol. The van der Waals surface area contributed by atoms with Crippen molar-refractivity contribution in [3.8, 4) is 11.5 Å². The molecule has 7 nitrogen and oxygen atoms in total. The highest BCUT2D eigenvalue weighted by molar-refractivity contribution is 6.07. The molecule has 4 aromatic rings. The number of phenolic OH excluding ortho intramolecular Hbond substituents is 1. The predicted octanol–water partition coefficient (Wildman–Crippen LogP) is 8.97. The molecule has 0 aliphatic heterocycles. The molecule has 0 atom stereocenters. The Hall–Kier alpha value is -4.75. The first-order chi connectivity index (χ1) is 25.7. The van der Waals surface area contributed by atoms with Crippen LogP contribution in [0.3, 0.4) is 0 Å². The van der Waals surface area contributed by atoms with Crippen molar-refractivity contribution in [2.45, 2.75) is 103 Å². The number of carbonyl (C=O) groups is 2. The Kier molecular flexibility index (Phi) is 14.4. The predicted molar refractivity (Wildman–Crippen MR) is 213 cm³/mol. The number of pyridine rings is 1. The van der Waals surface area contributed by atoms with Crippen molar-refractivity contribution in [2.24, 2.45) is 5.41 Å². The van der Waals surface area contributed by atoms with E-state index in [0.717, 1.165) is 56.1 Å². The highest BCUT2D eigenvalue weighted by atomic mass is 16.5. The van der Waals surface area contributed by atoms with Crippen LogP contribution in [-0.2, 0) is 41.7 Å². The van der Waals surface area contributed by atoms with Gasteiger partial charge in [-0.2, -0.15) is 0 Å². The van der Waals surface area contributed by atoms with Crippen LogP contribution in [0.4, 0.5) is 5.82 Å². The summed E-state index contributed by atoms with van der Waals surface area (Å²) in [6.45, 7) is 1.80. The van der Waals surface area contributed by atoms with E-state index < -0.39 is 6.61 Å². The molecule has 3 aromatic carbocycles. The first kappa shape index (κ1) is 39.5. The summed E-state index contributed by atoms with van der Waals surface area (Å²) < 4.78 is 5.42. The number of aromatic nitrogens is 1. The van der Waals surface area contributed by atoms with E-state index in [4.69, 9.17) is 10.5 Å². The molecule has 0 unspecified atom stereocenters. The summed E-state index contributed by atoms with van der Waals surface area (Å²) in [5.41, 5.74) is 14.0. The van der Waals surface area contributed by atoms with Gasteiger partial charge in [-0.3, -0.25) is 9.59 Å². The third kappa shape index (κ3) is 11.4. The lowest BCUT2D eigenvalue weighted by Gasteiger charge is -2.28. The third-order valence-corrected chi connectivity index (χ3v) is 10.9. The van der Waals surface area contributed by atoms with Crippen LogP contribution in [-0.4, -0.2) is 40.5 Å². The van der Waals surface area contributed by atoms with Gasteiger partial charge in [-0.25, -0.2) is 4.98 Å². The summed E-state index contributed by atoms with van der Waals surface area (Å²) in [5.74, 6) is 0.180. The maximum atomic E-state index is 13.2. The van der Waals surface area contributed by atoms with Crippen molar-refractivity contribution >= 4 is 23.0 Å². The molecule has 0 amide bonds. The van der Waals surface area contributed by atoms with Gasteiger partial charge in [0.05, 0.1) is 20.1 Å². The van der Waals surface area contributed by atoms with Crippen LogP contribution >= 0.6 is 0 Å². The molecular formula is C46H56N2O5. The molecule has 5 rings (SSSR count). The van der Waals surface area contributed by atoms with Gasteiger partial charge in [0, 0.05) is 12.6 Å². The second-order valence-corrected chi connectivity index (χ2v) is 14.9. The molecule has 1 aliphatic rings. The number of aliphatic hydroxyl groups excluding tert-OH is 1. The Morgan fingerprint density at radius 3 is 2.26 bits per heavy atom. The van der Waals surface area contributed by atoms with Gasteiger partial charge in [-0.05, 0) is 138 Å². The number of nitrogens with zero attached hydrogens (tertiary/aromatic N) is 1. The van der Waals surface area contributed by atoms with Crippen LogP contribution in [0.15, 0.2) is 85.1 Å². The average Bonchev–Trinajstić information content (AvgIpc) is 3.62. The molecule has 0 bridgehead atoms. The number of rotatable bonds is 20. The molecule has 280 valence electrons. The van der Waals surface area contributed by atoms with Crippen LogP contribution in [0.5, 0.6) is 11.5 Å². The van der Waals surface area contributed by atoms with E-state index >= 15 is 0 Å². The van der Waals surface area contributed by atoms with Crippen LogP contribution in [0.1, 0.15) is 110 Å². The number of hydrogen-bond donors (Lipinski definition) is 3. The molecule has 1 heterocycles. The first-order valence-electron chi connectivity index (χ1n) is 19.3. The van der Waals surface area contributed by atoms with Crippen molar-refractivity contribution in [3.63, 3.8) is 0 Å². The fourth-order valence-corrected chi connectivity index (χ4v) is 8.19. The Labute approximate surface area is 315 Å². The number of Topliss-reactive ketones (excluding diaryl/α,β-unsaturated/α-hetero) is 1. The zero-order valence-corrected chi connectivity index (χ0v) is 31.5. The molecule has 0 saturated heterocycles. The van der Waals surface area contributed by atoms with Gasteiger partial charge in [0.15, 0.2) is 17.3 Å². The number of aryl methyl sites for hydroxylation is 4. The van der Waals surface area contributed by atoms with Gasteiger partial charge in [-0.15, -0.1) is 0 Å². The Bertz CT molecular complexity index is 1860. The minimum Gasteiger partial charge on any atom is -0.504 e. The summed E-state index contributed by atoms with van der Waals surface area (Å²) in [6.07, 6.45) is 16.4. The van der Waals surface area contributed by atoms with Crippen LogP contribution in [0.25, 0.3) is 5.57 Å². The fraction of sp³-hybridized carbons (Fsp3) is 0.413. The van der Waals surface area contributed by atoms with Crippen molar-refractivity contribution in [3.05, 3.63) is 124 Å². The highest BCUT2D eigenvalue weighted by Gasteiger charge is 2.32. The molecule has 1 fully saturated rings. The molecule has 4 N–H and O–H groups in total. The zero-order valence-electron chi connectivity index (χ0n) is 31.5. The summed E-state index contributed by atoms with van der Waals surface area (Å²) >= 11 is 0. The Morgan fingerprint density at radius 1 is 0.868 bits per heavy atom. The second kappa shape index (κ2) is 19.4. The largest absolute Gasteiger partial charge is 0.504 e. The minimum absolute atomic E-state index is 0.0505. The molecule has 0 radical (unpaired) electrons. The maximum Gasteiger partial charge on any atom is 0.163 e. The lowest BCUT2D eigenvalue weighted by molar-refractivity contribution is -0.124. The number of nitrogen functional groups attached to an aromatic ring is 1. The van der Waals surface area contributed by atoms with Crippen LogP contribution in [0, 0.1) is 5.41 Å². The van der Waals surface area contributed by atoms with Crippen molar-refractivity contribution in [1.82, 2.24) is 4.98 Å². The number of benzene rings is 3. The van der Waals surface area contributed by atoms with Crippen molar-refractivity contribution < 1.29 is 24.5 Å². The summed E-state index contributed by atoms with van der Waals surface area (Å²) in [4.78, 5) is 30.5. The Balaban J connectivity index is 1.29. The van der Waals surface area contributed by atoms with E-state index in [9.17, 15) is 19.8 Å². The number of ketones is 2. The van der Waals surface area contributed by atoms with Crippen molar-refractivity contribution in [2.75, 3.05) is 19.5 Å². The van der Waals surface area contributed by atoms with E-state index in [-0.39, 0.29) is 29.5 Å². The van der Waals surface area contributed by atoms with Crippen LogP contribution < -0.4 is 10.5 Å². The number of aliphatic hydroxyl groups is 1. The van der Waals surface area contributed by atoms with E-state index in [1.807, 2.05) is 12.1 Å². The van der Waals surface area contributed by atoms with E-state index in [1.54, 1.807) is 18.3 Å². The van der Waals surface area contributed by atoms with Gasteiger partial charge in [0.2, 0.25) is 0 Å². The highest BCUT2D eigenvalue weighted by Crippen LogP contribution is 2.46. The first-order valence-corrected chi connectivity index (χ1v) is 19.3. The number of anilines is 1. The SMILES string of the molecule is CCCC1(CCCC(=O)CC(=O)C=C(CO)c2cc(OC)c(O)cc2Cc2cnc(N)cc2CCc2cccc(CCc3ccccc3)c2)CCCC1. The van der Waals surface area contributed by atoms with Crippen molar-refractivity contribution in [1.29, 1.82) is 0 Å². The minimum atomic E-state index is -0.423. The second-order valence-electron chi connectivity index (χ2n) is 14.9. The smallest absolute Gasteiger partial charge is 0.163 e. The number of hydrogen-bond acceptors (Lipinski definition) is 7. The number of nitrogens with two attached hydrogens (primary N) is 1. The molecule has 53 heavy (non-hydrogen) atoms. The van der Waals surface area contributed by atoms with E-state index in [0.29, 0.717) is 40.8 Å². The van der Waals surface area contributed by atoms with Gasteiger partial charge >= 0.3 is 0 Å². The quantitative estimate of drug-likeness (QED) is 0.0617. The number of methoxy groups -OCH3 is 1. The standard InChI is InChI=1S/C46H56N2O5/c1-3-20-46(21-7-8-22-46)23-10-15-40(50)29-41(51)26-39(32-49)42-30-44(53-2)43(52)27-37(42)25-38-31-48-45(47)28-36(38)19-18-35-14-9-13-34(24-35)17-16-33-11-5-4-6-12-33/h4-6,9,11-14,24,26-28,30-31,49,52H,3,7-8,10,15-23,25,29,32H2,1-2H3,(H2,47,48). The van der Waals surface area contributed by atoms with E-state index in [2.05, 4.69) is 60.4 Å². The molecule has 1 aromatic heterocycles. The number of phenols is 1. The Morgan fingerprint density at radius 2 is 1.57 bits per heavy atom. The number of aromatic hydroxyl groups is 1. The summed E-state index contributed by atoms with van der Waals surface area (Å²) in [5, 5.41) is 21.3. The van der Waals surface area contributed by atoms with Crippen LogP contribution in [0.2, 0.25) is 0 Å². The van der Waals surface area contributed by atoms with Gasteiger partial charge < -0.3 is 20.7 Å². The molecule has 0 spiro atoms. The molecule has 7 heteroatoms. The third-order valence-electron chi connectivity index (χ3n) is 10.9. The monoisotopic (exact) mass is 716 g/mol. The van der Waals surface area contributed by atoms with E-state index in [1.165, 1.54) is 62.0 Å². The number of carbonyl (C=O) groups excluding carboxylic acids is 2. The zero-order chi connectivity index (χ0) is 37.6. The van der Waals surface area contributed by atoms with Gasteiger partial charge in [0.25, 0.3) is 0 Å². The average molecular weight is 717 g/mol. The topological polar surface area (TPSA) is 123 Å². The summed E-state index contributed by atoms with van der Waals surface area (Å²) in [7, 11) is 1.46. The summed E-state index contributed by atoms with van der Waals surface area (Å²) in [6, 6.07) is 24.4. The number of ether oxygens (including phenoxy) is 1. The number of allylic oxidation sites excluding steroid dienone is 1. The van der Waals surface area contributed by atoms with Gasteiger partial charge in [0.1, 0.15) is 11.6 Å².